The van der Waals surface area contributed by atoms with Gasteiger partial charge in [-0.1, -0.05) is 41.4 Å². The maximum atomic E-state index is 13.5. The third-order valence-electron chi connectivity index (χ3n) is 5.87. The number of carbonyl (C=O) groups is 3. The Morgan fingerprint density at radius 1 is 0.917 bits per heavy atom. The van der Waals surface area contributed by atoms with Crippen molar-refractivity contribution < 1.29 is 27.2 Å². The zero-order valence-corrected chi connectivity index (χ0v) is 21.0. The van der Waals surface area contributed by atoms with Gasteiger partial charge in [-0.25, -0.2) is 8.42 Å². The predicted octanol–water partition coefficient (Wildman–Crippen LogP) is 2.76. The number of amides is 3. The van der Waals surface area contributed by atoms with E-state index in [1.54, 1.807) is 48.2 Å². The Kier molecular flexibility index (Phi) is 7.46. The Labute approximate surface area is 213 Å². The van der Waals surface area contributed by atoms with E-state index >= 15 is 0 Å². The van der Waals surface area contributed by atoms with Gasteiger partial charge in [0, 0.05) is 26.2 Å². The van der Waals surface area contributed by atoms with E-state index in [2.05, 4.69) is 5.32 Å². The Hall–Kier alpha value is -3.63. The average molecular weight is 530 g/mol. The minimum Gasteiger partial charge on any atom is -0.459 e. The van der Waals surface area contributed by atoms with Crippen molar-refractivity contribution in [3.8, 4) is 0 Å². The van der Waals surface area contributed by atoms with E-state index in [9.17, 15) is 22.8 Å². The number of hydrogen-bond donors (Lipinski definition) is 1. The van der Waals surface area contributed by atoms with E-state index < -0.39 is 27.0 Å². The highest BCUT2D eigenvalue weighted by molar-refractivity contribution is 7.92. The van der Waals surface area contributed by atoms with Crippen LogP contribution in [0.25, 0.3) is 0 Å². The lowest BCUT2D eigenvalue weighted by atomic mass is 10.2. The summed E-state index contributed by atoms with van der Waals surface area (Å²) in [4.78, 5) is 41.8. The van der Waals surface area contributed by atoms with E-state index in [4.69, 9.17) is 16.0 Å². The van der Waals surface area contributed by atoms with Gasteiger partial charge in [0.15, 0.2) is 5.76 Å². The molecule has 0 unspecified atom stereocenters. The molecule has 0 radical (unpaired) electrons. The van der Waals surface area contributed by atoms with E-state index in [0.717, 1.165) is 5.56 Å². The first-order valence-electron chi connectivity index (χ1n) is 11.2. The summed E-state index contributed by atoms with van der Waals surface area (Å²) in [5, 5.41) is 0.781. The second-order valence-electron chi connectivity index (χ2n) is 8.29. The van der Waals surface area contributed by atoms with Crippen molar-refractivity contribution in [1.82, 2.24) is 15.1 Å². The molecule has 1 aromatic heterocycles. The quantitative estimate of drug-likeness (QED) is 0.525. The predicted molar refractivity (Wildman–Crippen MR) is 132 cm³/mol. The molecular formula is C25H24ClN3O6S. The Balaban J connectivity index is 1.54. The fourth-order valence-corrected chi connectivity index (χ4v) is 5.52. The summed E-state index contributed by atoms with van der Waals surface area (Å²) in [7, 11) is -4.29. The second-order valence-corrected chi connectivity index (χ2v) is 10.7. The highest BCUT2D eigenvalue weighted by Gasteiger charge is 2.40. The molecule has 1 saturated heterocycles. The van der Waals surface area contributed by atoms with Gasteiger partial charge in [-0.05, 0) is 43.3 Å². The van der Waals surface area contributed by atoms with Crippen LogP contribution in [0.3, 0.4) is 0 Å². The van der Waals surface area contributed by atoms with Crippen molar-refractivity contribution >= 4 is 39.2 Å². The number of sulfone groups is 1. The molecule has 0 bridgehead atoms. The maximum absolute atomic E-state index is 13.5. The maximum Gasteiger partial charge on any atom is 0.288 e. The van der Waals surface area contributed by atoms with Crippen LogP contribution >= 0.6 is 11.6 Å². The molecule has 4 rings (SSSR count). The van der Waals surface area contributed by atoms with Crippen molar-refractivity contribution in [3.63, 3.8) is 0 Å². The van der Waals surface area contributed by atoms with Crippen molar-refractivity contribution in [1.29, 1.82) is 0 Å². The number of benzene rings is 2. The molecule has 3 amide bonds. The molecule has 2 heterocycles. The summed E-state index contributed by atoms with van der Waals surface area (Å²) in [6.07, 6.45) is 1.27. The zero-order chi connectivity index (χ0) is 25.9. The van der Waals surface area contributed by atoms with Crippen molar-refractivity contribution in [2.24, 2.45) is 0 Å². The Bertz CT molecular complexity index is 1370. The van der Waals surface area contributed by atoms with E-state index in [0.29, 0.717) is 10.6 Å². The van der Waals surface area contributed by atoms with E-state index in [-0.39, 0.29) is 42.7 Å². The summed E-state index contributed by atoms with van der Waals surface area (Å²) < 4.78 is 32.0. The van der Waals surface area contributed by atoms with E-state index in [1.165, 1.54) is 35.4 Å². The molecule has 9 nitrogen and oxygen atoms in total. The number of halogens is 1. The van der Waals surface area contributed by atoms with Crippen LogP contribution in [0.5, 0.6) is 0 Å². The lowest BCUT2D eigenvalue weighted by molar-refractivity contribution is -0.132. The highest BCUT2D eigenvalue weighted by atomic mass is 35.5. The number of nitrogens with one attached hydrogen (secondary N) is 1. The molecule has 1 fully saturated rings. The van der Waals surface area contributed by atoms with Crippen LogP contribution in [0.4, 0.5) is 0 Å². The molecule has 1 aliphatic rings. The van der Waals surface area contributed by atoms with Gasteiger partial charge in [0.2, 0.25) is 15.2 Å². The number of piperazine rings is 1. The molecule has 0 saturated carbocycles. The number of rotatable bonds is 6. The van der Waals surface area contributed by atoms with Crippen LogP contribution in [-0.4, -0.2) is 67.5 Å². The summed E-state index contributed by atoms with van der Waals surface area (Å²) in [6.45, 7) is 2.34. The molecule has 0 aliphatic carbocycles. The fraction of sp³-hybridized carbons (Fsp3) is 0.240. The number of hydrogen-bond acceptors (Lipinski definition) is 6. The fourth-order valence-electron chi connectivity index (χ4n) is 3.83. The number of furan rings is 1. The van der Waals surface area contributed by atoms with Crippen LogP contribution < -0.4 is 5.32 Å². The molecule has 188 valence electrons. The summed E-state index contributed by atoms with van der Waals surface area (Å²) >= 11 is 6.14. The third-order valence-corrected chi connectivity index (χ3v) is 8.07. The van der Waals surface area contributed by atoms with Gasteiger partial charge in [0.25, 0.3) is 17.7 Å². The monoisotopic (exact) mass is 529 g/mol. The van der Waals surface area contributed by atoms with Crippen molar-refractivity contribution in [2.45, 2.75) is 17.2 Å². The first-order chi connectivity index (χ1) is 17.2. The zero-order valence-electron chi connectivity index (χ0n) is 19.4. The topological polar surface area (TPSA) is 117 Å². The smallest absolute Gasteiger partial charge is 0.288 e. The summed E-state index contributed by atoms with van der Waals surface area (Å²) in [5.74, 6) is -2.02. The Morgan fingerprint density at radius 3 is 2.17 bits per heavy atom. The van der Waals surface area contributed by atoms with Gasteiger partial charge in [0.05, 0.1) is 21.7 Å². The van der Waals surface area contributed by atoms with Crippen LogP contribution in [0.2, 0.25) is 5.02 Å². The van der Waals surface area contributed by atoms with E-state index in [1.807, 2.05) is 0 Å². The Morgan fingerprint density at radius 2 is 1.56 bits per heavy atom. The molecule has 36 heavy (non-hydrogen) atoms. The normalized spacial score (nSPS) is 14.8. The number of nitrogens with zero attached hydrogens (tertiary/aromatic N) is 2. The van der Waals surface area contributed by atoms with Crippen LogP contribution in [0.15, 0.2) is 76.2 Å². The average Bonchev–Trinajstić information content (AvgIpc) is 3.42. The minimum absolute atomic E-state index is 0.0889. The SMILES string of the molecule is Cc1ccc(S(=O)(=O)[C@@H](NC(=O)c2ccco2)C(=O)N2CCN(C(=O)c3ccccc3Cl)CC2)cc1. The second kappa shape index (κ2) is 10.5. The lowest BCUT2D eigenvalue weighted by Gasteiger charge is -2.36. The standard InChI is InChI=1S/C25H24ClN3O6S/c1-17-8-10-18(11-9-17)36(33,34)23(27-22(30)21-7-4-16-35-21)25(32)29-14-12-28(13-15-29)24(31)19-5-2-3-6-20(19)26/h2-11,16,23H,12-15H2,1H3,(H,27,30)/t23-/m1/s1. The van der Waals surface area contributed by atoms with Gasteiger partial charge in [-0.3, -0.25) is 14.4 Å². The first kappa shape index (κ1) is 25.5. The van der Waals surface area contributed by atoms with Crippen molar-refractivity contribution in [2.75, 3.05) is 26.2 Å². The lowest BCUT2D eigenvalue weighted by Crippen LogP contribution is -2.57. The first-order valence-corrected chi connectivity index (χ1v) is 13.1. The number of carbonyl (C=O) groups excluding carboxylic acids is 3. The molecule has 11 heteroatoms. The summed E-state index contributed by atoms with van der Waals surface area (Å²) in [5.41, 5.74) is 1.19. The van der Waals surface area contributed by atoms with Gasteiger partial charge >= 0.3 is 0 Å². The molecule has 1 aliphatic heterocycles. The van der Waals surface area contributed by atoms with Crippen molar-refractivity contribution in [3.05, 3.63) is 88.8 Å². The highest BCUT2D eigenvalue weighted by Crippen LogP contribution is 2.21. The van der Waals surface area contributed by atoms with Gasteiger partial charge < -0.3 is 19.5 Å². The molecule has 1 N–H and O–H groups in total. The summed E-state index contributed by atoms with van der Waals surface area (Å²) in [6, 6.07) is 15.5. The van der Waals surface area contributed by atoms with Crippen LogP contribution in [-0.2, 0) is 14.6 Å². The van der Waals surface area contributed by atoms with Crippen LogP contribution in [0, 0.1) is 6.92 Å². The van der Waals surface area contributed by atoms with Gasteiger partial charge in [0.1, 0.15) is 0 Å². The number of aryl methyl sites for hydroxylation is 1. The molecule has 1 atom stereocenters. The largest absolute Gasteiger partial charge is 0.459 e. The molecular weight excluding hydrogens is 506 g/mol. The molecule has 3 aromatic rings. The third kappa shape index (κ3) is 5.29. The van der Waals surface area contributed by atoms with Gasteiger partial charge in [-0.15, -0.1) is 0 Å². The van der Waals surface area contributed by atoms with Gasteiger partial charge in [-0.2, -0.15) is 0 Å². The molecule has 2 aromatic carbocycles. The minimum atomic E-state index is -4.29. The molecule has 0 spiro atoms. The van der Waals surface area contributed by atoms with Crippen LogP contribution in [0.1, 0.15) is 26.5 Å².